The highest BCUT2D eigenvalue weighted by Crippen LogP contribution is 2.31. The summed E-state index contributed by atoms with van der Waals surface area (Å²) in [7, 11) is 6.06. The van der Waals surface area contributed by atoms with Crippen molar-refractivity contribution in [3.05, 3.63) is 52.7 Å². The smallest absolute Gasteiger partial charge is 0.0961 e. The predicted molar refractivity (Wildman–Crippen MR) is 104 cm³/mol. The van der Waals surface area contributed by atoms with Gasteiger partial charge >= 0.3 is 0 Å². The molecule has 24 heavy (non-hydrogen) atoms. The van der Waals surface area contributed by atoms with Crippen LogP contribution < -0.4 is 21.7 Å². The second kappa shape index (κ2) is 9.02. The van der Waals surface area contributed by atoms with Gasteiger partial charge in [0.2, 0.25) is 0 Å². The van der Waals surface area contributed by atoms with Gasteiger partial charge in [0.25, 0.3) is 0 Å². The molecule has 0 unspecified atom stereocenters. The van der Waals surface area contributed by atoms with Gasteiger partial charge in [-0.25, -0.2) is 0 Å². The third-order valence-corrected chi connectivity index (χ3v) is 4.98. The standard InChI is InChI=1S/C20H32N4/c1-22-19-10-5-13-20(23-2,24-3)18(19)12-11-17-8-4-7-16(15-17)9-6-14-21/h4,7-8,11-12,15,22-24H,5-6,9-10,13-14,21H2,1-3H3/b12-11+. The average Bonchev–Trinajstić information content (AvgIpc) is 2.64. The SMILES string of the molecule is CNC1=C(/C=C/c2cccc(CCCN)c2)C(NC)(NC)CCC1. The summed E-state index contributed by atoms with van der Waals surface area (Å²) in [5.41, 5.74) is 10.6. The average molecular weight is 329 g/mol. The molecule has 1 aliphatic carbocycles. The van der Waals surface area contributed by atoms with Gasteiger partial charge in [0.15, 0.2) is 0 Å². The van der Waals surface area contributed by atoms with Gasteiger partial charge in [0, 0.05) is 18.3 Å². The van der Waals surface area contributed by atoms with Crippen LogP contribution in [0.15, 0.2) is 41.6 Å². The molecule has 0 saturated carbocycles. The first kappa shape index (κ1) is 18.7. The van der Waals surface area contributed by atoms with Crippen molar-refractivity contribution >= 4 is 6.08 Å². The summed E-state index contributed by atoms with van der Waals surface area (Å²) in [6.07, 6.45) is 9.89. The Balaban J connectivity index is 2.28. The van der Waals surface area contributed by atoms with Crippen LogP contribution >= 0.6 is 0 Å². The molecule has 132 valence electrons. The number of nitrogens with two attached hydrogens (primary N) is 1. The van der Waals surface area contributed by atoms with E-state index in [4.69, 9.17) is 5.73 Å². The second-order valence-electron chi connectivity index (χ2n) is 6.37. The summed E-state index contributed by atoms with van der Waals surface area (Å²) in [6.45, 7) is 0.741. The van der Waals surface area contributed by atoms with Crippen molar-refractivity contribution in [1.29, 1.82) is 0 Å². The van der Waals surface area contributed by atoms with E-state index in [0.29, 0.717) is 0 Å². The maximum absolute atomic E-state index is 5.62. The lowest BCUT2D eigenvalue weighted by Crippen LogP contribution is -2.57. The molecule has 2 rings (SSSR count). The number of nitrogens with one attached hydrogen (secondary N) is 3. The molecule has 0 atom stereocenters. The molecule has 0 fully saturated rings. The zero-order chi connectivity index (χ0) is 17.4. The summed E-state index contributed by atoms with van der Waals surface area (Å²) in [6, 6.07) is 8.72. The van der Waals surface area contributed by atoms with Crippen molar-refractivity contribution < 1.29 is 0 Å². The Morgan fingerprint density at radius 1 is 1.17 bits per heavy atom. The molecule has 0 spiro atoms. The zero-order valence-electron chi connectivity index (χ0n) is 15.3. The summed E-state index contributed by atoms with van der Waals surface area (Å²) in [5.74, 6) is 0. The third kappa shape index (κ3) is 4.26. The number of hydrogen-bond donors (Lipinski definition) is 4. The topological polar surface area (TPSA) is 62.1 Å². The van der Waals surface area contributed by atoms with Crippen LogP contribution in [-0.4, -0.2) is 33.4 Å². The minimum atomic E-state index is -0.162. The van der Waals surface area contributed by atoms with Gasteiger partial charge in [0.05, 0.1) is 5.66 Å². The summed E-state index contributed by atoms with van der Waals surface area (Å²) >= 11 is 0. The fraction of sp³-hybridized carbons (Fsp3) is 0.500. The van der Waals surface area contributed by atoms with E-state index in [1.54, 1.807) is 0 Å². The van der Waals surface area contributed by atoms with Crippen molar-refractivity contribution in [3.63, 3.8) is 0 Å². The normalized spacial score (nSPS) is 17.5. The molecule has 1 aliphatic rings. The van der Waals surface area contributed by atoms with Crippen LogP contribution in [0.5, 0.6) is 0 Å². The van der Waals surface area contributed by atoms with Crippen molar-refractivity contribution in [2.45, 2.75) is 37.8 Å². The van der Waals surface area contributed by atoms with Crippen molar-refractivity contribution in [2.24, 2.45) is 5.73 Å². The molecule has 0 saturated heterocycles. The minimum absolute atomic E-state index is 0.162. The number of allylic oxidation sites excluding steroid dienone is 1. The van der Waals surface area contributed by atoms with Crippen molar-refractivity contribution in [1.82, 2.24) is 16.0 Å². The molecule has 0 aromatic heterocycles. The number of benzene rings is 1. The Bertz CT molecular complexity index is 585. The van der Waals surface area contributed by atoms with Crippen LogP contribution in [0.1, 0.15) is 36.8 Å². The fourth-order valence-corrected chi connectivity index (χ4v) is 3.54. The highest BCUT2D eigenvalue weighted by Gasteiger charge is 2.34. The molecule has 0 radical (unpaired) electrons. The molecular weight excluding hydrogens is 296 g/mol. The number of hydrogen-bond acceptors (Lipinski definition) is 4. The molecule has 4 heteroatoms. The van der Waals surface area contributed by atoms with Crippen LogP contribution in [0, 0.1) is 0 Å². The van der Waals surface area contributed by atoms with Gasteiger partial charge in [-0.3, -0.25) is 10.6 Å². The van der Waals surface area contributed by atoms with Gasteiger partial charge in [-0.05, 0) is 63.9 Å². The lowest BCUT2D eigenvalue weighted by molar-refractivity contribution is 0.306. The Hall–Kier alpha value is -1.62. The van der Waals surface area contributed by atoms with Crippen LogP contribution in [0.4, 0.5) is 0 Å². The van der Waals surface area contributed by atoms with E-state index < -0.39 is 0 Å². The lowest BCUT2D eigenvalue weighted by atomic mass is 9.84. The monoisotopic (exact) mass is 328 g/mol. The quantitative estimate of drug-likeness (QED) is 0.553. The minimum Gasteiger partial charge on any atom is -0.391 e. The van der Waals surface area contributed by atoms with E-state index in [1.807, 2.05) is 21.1 Å². The first-order valence-electron chi connectivity index (χ1n) is 8.95. The van der Waals surface area contributed by atoms with Crippen LogP contribution in [-0.2, 0) is 6.42 Å². The number of aryl methyl sites for hydroxylation is 1. The molecule has 1 aromatic carbocycles. The Labute approximate surface area is 146 Å². The first-order valence-corrected chi connectivity index (χ1v) is 8.95. The van der Waals surface area contributed by atoms with E-state index >= 15 is 0 Å². The van der Waals surface area contributed by atoms with Crippen LogP contribution in [0.25, 0.3) is 6.08 Å². The van der Waals surface area contributed by atoms with E-state index in [2.05, 4.69) is 52.4 Å². The summed E-state index contributed by atoms with van der Waals surface area (Å²) < 4.78 is 0. The third-order valence-electron chi connectivity index (χ3n) is 4.98. The van der Waals surface area contributed by atoms with Crippen LogP contribution in [0.2, 0.25) is 0 Å². The number of likely N-dealkylation sites (N-methyl/N-ethyl adjacent to an activating group) is 2. The largest absolute Gasteiger partial charge is 0.391 e. The van der Waals surface area contributed by atoms with Crippen LogP contribution in [0.3, 0.4) is 0 Å². The van der Waals surface area contributed by atoms with Crippen molar-refractivity contribution in [3.8, 4) is 0 Å². The van der Waals surface area contributed by atoms with E-state index in [1.165, 1.54) is 28.8 Å². The molecule has 0 amide bonds. The van der Waals surface area contributed by atoms with E-state index in [0.717, 1.165) is 32.2 Å². The second-order valence-corrected chi connectivity index (χ2v) is 6.37. The van der Waals surface area contributed by atoms with Gasteiger partial charge < -0.3 is 11.1 Å². The maximum Gasteiger partial charge on any atom is 0.0961 e. The highest BCUT2D eigenvalue weighted by atomic mass is 15.2. The lowest BCUT2D eigenvalue weighted by Gasteiger charge is -2.39. The van der Waals surface area contributed by atoms with Gasteiger partial charge in [-0.2, -0.15) is 0 Å². The molecule has 0 aliphatic heterocycles. The summed E-state index contributed by atoms with van der Waals surface area (Å²) in [5, 5.41) is 10.4. The van der Waals surface area contributed by atoms with Gasteiger partial charge in [0.1, 0.15) is 0 Å². The Morgan fingerprint density at radius 2 is 1.96 bits per heavy atom. The predicted octanol–water partition coefficient (Wildman–Crippen LogP) is 2.38. The van der Waals surface area contributed by atoms with Gasteiger partial charge in [-0.15, -0.1) is 0 Å². The molecular formula is C20H32N4. The van der Waals surface area contributed by atoms with E-state index in [-0.39, 0.29) is 5.66 Å². The summed E-state index contributed by atoms with van der Waals surface area (Å²) in [4.78, 5) is 0. The van der Waals surface area contributed by atoms with Gasteiger partial charge in [-0.1, -0.05) is 36.4 Å². The van der Waals surface area contributed by atoms with Crippen molar-refractivity contribution in [2.75, 3.05) is 27.7 Å². The van der Waals surface area contributed by atoms with E-state index in [9.17, 15) is 0 Å². The Morgan fingerprint density at radius 3 is 2.62 bits per heavy atom. The number of rotatable bonds is 8. The fourth-order valence-electron chi connectivity index (χ4n) is 3.54. The molecule has 0 heterocycles. The highest BCUT2D eigenvalue weighted by molar-refractivity contribution is 5.56. The first-order chi connectivity index (χ1) is 11.7. The molecule has 0 bridgehead atoms. The Kier molecular flexibility index (Phi) is 7.03. The molecule has 1 aromatic rings. The molecule has 5 N–H and O–H groups in total. The zero-order valence-corrected chi connectivity index (χ0v) is 15.3. The maximum atomic E-state index is 5.62. The molecule has 4 nitrogen and oxygen atoms in total.